The molecule has 1 heterocycles. The molecule has 0 unspecified atom stereocenters. The highest BCUT2D eigenvalue weighted by Gasteiger charge is 2.22. The molecule has 3 heteroatoms. The summed E-state index contributed by atoms with van der Waals surface area (Å²) in [7, 11) is 1.90. The highest BCUT2D eigenvalue weighted by Crippen LogP contribution is 2.44. The predicted octanol–water partition coefficient (Wildman–Crippen LogP) is 3.06. The van der Waals surface area contributed by atoms with Crippen LogP contribution in [0.4, 0.5) is 11.4 Å². The van der Waals surface area contributed by atoms with Crippen molar-refractivity contribution in [2.45, 2.75) is 0 Å². The van der Waals surface area contributed by atoms with Gasteiger partial charge in [-0.25, -0.2) is 5.43 Å². The molecule has 0 saturated heterocycles. The molecule has 2 aromatic rings. The highest BCUT2D eigenvalue weighted by atomic mass is 16.5. The van der Waals surface area contributed by atoms with Crippen LogP contribution in [0.3, 0.4) is 0 Å². The van der Waals surface area contributed by atoms with Gasteiger partial charge in [-0.2, -0.15) is 0 Å². The maximum atomic E-state index is 5.83. The van der Waals surface area contributed by atoms with Gasteiger partial charge in [0.1, 0.15) is 11.4 Å². The Balaban J connectivity index is 2.19. The topological polar surface area (TPSA) is 24.5 Å². The number of para-hydroxylation sites is 4. The van der Waals surface area contributed by atoms with Gasteiger partial charge in [0.25, 0.3) is 0 Å². The lowest BCUT2D eigenvalue weighted by Gasteiger charge is -2.31. The Kier molecular flexibility index (Phi) is 2.04. The number of ether oxygens (including phenoxy) is 1. The summed E-state index contributed by atoms with van der Waals surface area (Å²) < 4.78 is 5.83. The number of benzene rings is 2. The third-order valence-corrected chi connectivity index (χ3v) is 2.66. The third-order valence-electron chi connectivity index (χ3n) is 2.66. The Morgan fingerprint density at radius 2 is 1.38 bits per heavy atom. The monoisotopic (exact) mass is 212 g/mol. The number of nitrogens with one attached hydrogen (secondary N) is 1. The summed E-state index contributed by atoms with van der Waals surface area (Å²) >= 11 is 0. The number of hydrazine groups is 1. The Morgan fingerprint density at radius 3 is 1.88 bits per heavy atom. The van der Waals surface area contributed by atoms with E-state index in [1.54, 1.807) is 0 Å². The molecule has 3 nitrogen and oxygen atoms in total. The molecule has 1 N–H and O–H groups in total. The van der Waals surface area contributed by atoms with Gasteiger partial charge in [-0.3, -0.25) is 5.01 Å². The van der Waals surface area contributed by atoms with E-state index in [1.807, 2.05) is 60.6 Å². The zero-order valence-electron chi connectivity index (χ0n) is 8.97. The van der Waals surface area contributed by atoms with E-state index in [9.17, 15) is 0 Å². The minimum absolute atomic E-state index is 0.871. The summed E-state index contributed by atoms with van der Waals surface area (Å²) in [6, 6.07) is 15.9. The molecule has 16 heavy (non-hydrogen) atoms. The largest absolute Gasteiger partial charge is 0.453 e. The fraction of sp³-hybridized carbons (Fsp3) is 0.0769. The molecule has 0 aliphatic carbocycles. The molecule has 3 rings (SSSR count). The van der Waals surface area contributed by atoms with Crippen LogP contribution in [0, 0.1) is 0 Å². The Morgan fingerprint density at radius 1 is 0.875 bits per heavy atom. The van der Waals surface area contributed by atoms with Crippen molar-refractivity contribution in [2.75, 3.05) is 12.1 Å². The summed E-state index contributed by atoms with van der Waals surface area (Å²) in [5, 5.41) is 2.02. The highest BCUT2D eigenvalue weighted by molar-refractivity contribution is 5.76. The molecule has 0 radical (unpaired) electrons. The van der Waals surface area contributed by atoms with Gasteiger partial charge in [-0.15, -0.1) is 0 Å². The fourth-order valence-corrected chi connectivity index (χ4v) is 1.95. The molecule has 0 saturated carbocycles. The van der Waals surface area contributed by atoms with Crippen LogP contribution in [0.1, 0.15) is 0 Å². The predicted molar refractivity (Wildman–Crippen MR) is 64.2 cm³/mol. The van der Waals surface area contributed by atoms with Gasteiger partial charge >= 0.3 is 0 Å². The minimum Gasteiger partial charge on any atom is -0.453 e. The van der Waals surface area contributed by atoms with Gasteiger partial charge in [0.2, 0.25) is 0 Å². The summed E-state index contributed by atoms with van der Waals surface area (Å²) in [6.07, 6.45) is 0. The normalized spacial score (nSPS) is 12.7. The van der Waals surface area contributed by atoms with Crippen LogP contribution in [-0.4, -0.2) is 7.05 Å². The van der Waals surface area contributed by atoms with Crippen LogP contribution in [0.2, 0.25) is 0 Å². The van der Waals surface area contributed by atoms with Crippen LogP contribution < -0.4 is 15.2 Å². The van der Waals surface area contributed by atoms with Crippen LogP contribution in [-0.2, 0) is 0 Å². The van der Waals surface area contributed by atoms with E-state index in [0.29, 0.717) is 0 Å². The van der Waals surface area contributed by atoms with E-state index in [4.69, 9.17) is 4.74 Å². The van der Waals surface area contributed by atoms with Crippen molar-refractivity contribution in [3.63, 3.8) is 0 Å². The van der Waals surface area contributed by atoms with E-state index in [0.717, 1.165) is 22.9 Å². The van der Waals surface area contributed by atoms with Crippen molar-refractivity contribution in [1.82, 2.24) is 5.43 Å². The van der Waals surface area contributed by atoms with Crippen molar-refractivity contribution >= 4 is 11.4 Å². The zero-order chi connectivity index (χ0) is 11.0. The molecule has 0 spiro atoms. The van der Waals surface area contributed by atoms with E-state index in [-0.39, 0.29) is 0 Å². The van der Waals surface area contributed by atoms with Crippen LogP contribution in [0.25, 0.3) is 0 Å². The average molecular weight is 212 g/mol. The number of hydrogen-bond donors (Lipinski definition) is 1. The van der Waals surface area contributed by atoms with Gasteiger partial charge in [0.05, 0.1) is 0 Å². The first-order chi connectivity index (χ1) is 7.90. The second-order valence-corrected chi connectivity index (χ2v) is 3.60. The molecule has 1 aliphatic heterocycles. The first-order valence-electron chi connectivity index (χ1n) is 5.23. The second kappa shape index (κ2) is 3.54. The maximum absolute atomic E-state index is 5.83. The van der Waals surface area contributed by atoms with Crippen molar-refractivity contribution in [3.8, 4) is 11.5 Å². The molecule has 0 bridgehead atoms. The van der Waals surface area contributed by atoms with Crippen molar-refractivity contribution < 1.29 is 4.74 Å². The van der Waals surface area contributed by atoms with E-state index >= 15 is 0 Å². The Hall–Kier alpha value is -2.00. The van der Waals surface area contributed by atoms with Crippen molar-refractivity contribution in [3.05, 3.63) is 48.5 Å². The minimum atomic E-state index is 0.871. The second-order valence-electron chi connectivity index (χ2n) is 3.60. The summed E-state index contributed by atoms with van der Waals surface area (Å²) in [4.78, 5) is 0. The van der Waals surface area contributed by atoms with Crippen LogP contribution in [0.5, 0.6) is 11.5 Å². The van der Waals surface area contributed by atoms with Gasteiger partial charge < -0.3 is 4.74 Å². The molecule has 0 amide bonds. The molecule has 2 aromatic carbocycles. The van der Waals surface area contributed by atoms with E-state index < -0.39 is 0 Å². The zero-order valence-corrected chi connectivity index (χ0v) is 8.97. The Bertz CT molecular complexity index is 479. The molecule has 0 atom stereocenters. The smallest absolute Gasteiger partial charge is 0.152 e. The van der Waals surface area contributed by atoms with Gasteiger partial charge in [-0.05, 0) is 24.3 Å². The first kappa shape index (κ1) is 9.24. The molecule has 0 aromatic heterocycles. The Labute approximate surface area is 94.2 Å². The molecule has 0 fully saturated rings. The fourth-order valence-electron chi connectivity index (χ4n) is 1.95. The van der Waals surface area contributed by atoms with Gasteiger partial charge in [-0.1, -0.05) is 24.3 Å². The average Bonchev–Trinajstić information content (AvgIpc) is 2.36. The molecular formula is C13H12N2O. The molecule has 1 aliphatic rings. The van der Waals surface area contributed by atoms with Crippen LogP contribution >= 0.6 is 0 Å². The van der Waals surface area contributed by atoms with Gasteiger partial charge in [0, 0.05) is 7.05 Å². The van der Waals surface area contributed by atoms with Gasteiger partial charge in [0.15, 0.2) is 11.5 Å². The lowest BCUT2D eigenvalue weighted by molar-refractivity contribution is 0.469. The summed E-state index contributed by atoms with van der Waals surface area (Å²) in [5.74, 6) is 1.74. The number of fused-ring (bicyclic) bond motifs is 2. The van der Waals surface area contributed by atoms with Crippen molar-refractivity contribution in [2.24, 2.45) is 0 Å². The maximum Gasteiger partial charge on any atom is 0.152 e. The standard InChI is InChI=1S/C13H12N2O/c1-14-15-10-6-2-4-8-12(10)16-13-9-5-3-7-11(13)15/h2-9,14H,1H3. The first-order valence-corrected chi connectivity index (χ1v) is 5.23. The lowest BCUT2D eigenvalue weighted by Crippen LogP contribution is -2.32. The molecular weight excluding hydrogens is 200 g/mol. The SMILES string of the molecule is CNN1c2ccccc2Oc2ccccc21. The quantitative estimate of drug-likeness (QED) is 0.786. The van der Waals surface area contributed by atoms with Crippen molar-refractivity contribution in [1.29, 1.82) is 0 Å². The number of anilines is 2. The molecule has 80 valence electrons. The van der Waals surface area contributed by atoms with E-state index in [2.05, 4.69) is 5.43 Å². The number of nitrogens with zero attached hydrogens (tertiary/aromatic N) is 1. The number of hydrogen-bond acceptors (Lipinski definition) is 3. The number of rotatable bonds is 1. The summed E-state index contributed by atoms with van der Waals surface area (Å²) in [6.45, 7) is 0. The van der Waals surface area contributed by atoms with Crippen LogP contribution in [0.15, 0.2) is 48.5 Å². The van der Waals surface area contributed by atoms with E-state index in [1.165, 1.54) is 0 Å². The third kappa shape index (κ3) is 1.26. The summed E-state index contributed by atoms with van der Waals surface area (Å²) in [5.41, 5.74) is 5.23. The lowest BCUT2D eigenvalue weighted by atomic mass is 10.2.